The first-order valence-corrected chi connectivity index (χ1v) is 14.9. The van der Waals surface area contributed by atoms with Gasteiger partial charge in [-0.1, -0.05) is 34.8 Å². The molecule has 0 spiro atoms. The number of hydrogen-bond acceptors (Lipinski definition) is 12. The molecule has 4 aromatic rings. The number of aromatic nitrogens is 4. The van der Waals surface area contributed by atoms with E-state index in [2.05, 4.69) is 39.6 Å². The number of rotatable bonds is 14. The van der Waals surface area contributed by atoms with E-state index >= 15 is 0 Å². The van der Waals surface area contributed by atoms with Crippen LogP contribution in [-0.4, -0.2) is 45.7 Å². The minimum Gasteiger partial charge on any atom is -0.496 e. The average Bonchev–Trinajstić information content (AvgIpc) is 3.57. The van der Waals surface area contributed by atoms with Crippen LogP contribution in [0.4, 0.5) is 5.13 Å². The minimum absolute atomic E-state index is 0.304. The van der Waals surface area contributed by atoms with Crippen LogP contribution in [0, 0.1) is 20.8 Å². The third kappa shape index (κ3) is 8.03. The highest BCUT2D eigenvalue weighted by atomic mass is 32.2. The van der Waals surface area contributed by atoms with Gasteiger partial charge in [0, 0.05) is 18.9 Å². The number of aryl methyl sites for hydroxylation is 5. The number of anilines is 1. The van der Waals surface area contributed by atoms with Crippen molar-refractivity contribution in [3.63, 3.8) is 0 Å². The molecule has 2 heterocycles. The van der Waals surface area contributed by atoms with Gasteiger partial charge in [-0.2, -0.15) is 11.8 Å². The van der Waals surface area contributed by atoms with Crippen LogP contribution in [0.5, 0.6) is 17.2 Å². The fourth-order valence-corrected chi connectivity index (χ4v) is 6.02. The summed E-state index contributed by atoms with van der Waals surface area (Å²) in [5.74, 6) is 4.17. The van der Waals surface area contributed by atoms with Gasteiger partial charge in [-0.3, -0.25) is 5.73 Å². The Hall–Kier alpha value is -2.93. The Labute approximate surface area is 235 Å². The second-order valence-electron chi connectivity index (χ2n) is 8.53. The van der Waals surface area contributed by atoms with Crippen molar-refractivity contribution in [2.45, 2.75) is 39.8 Å². The molecule has 0 saturated carbocycles. The maximum atomic E-state index is 6.20. The fraction of sp³-hybridized carbons (Fsp3) is 0.385. The summed E-state index contributed by atoms with van der Waals surface area (Å²) in [7, 11) is 1.65. The normalized spacial score (nSPS) is 11.8. The highest BCUT2D eigenvalue weighted by Crippen LogP contribution is 2.25. The summed E-state index contributed by atoms with van der Waals surface area (Å²) in [5.41, 5.74) is 9.65. The number of methoxy groups -OCH3 is 1. The highest BCUT2D eigenvalue weighted by Gasteiger charge is 2.15. The molecule has 3 N–H and O–H groups in total. The Morgan fingerprint density at radius 1 is 0.868 bits per heavy atom. The summed E-state index contributed by atoms with van der Waals surface area (Å²) in [6.07, 6.45) is 1.07. The van der Waals surface area contributed by atoms with Crippen molar-refractivity contribution in [2.24, 2.45) is 5.73 Å². The van der Waals surface area contributed by atoms with Gasteiger partial charge in [0.25, 0.3) is 0 Å². The first-order chi connectivity index (χ1) is 18.4. The number of ether oxygens (including phenoxy) is 3. The number of hydrogen-bond donors (Lipinski definition) is 2. The second-order valence-corrected chi connectivity index (χ2v) is 11.9. The number of nitrogens with zero attached hydrogens (tertiary/aromatic N) is 4. The molecule has 0 fully saturated rings. The molecule has 1 atom stereocenters. The van der Waals surface area contributed by atoms with Crippen molar-refractivity contribution in [1.29, 1.82) is 0 Å². The Balaban J connectivity index is 1.12. The van der Waals surface area contributed by atoms with Crippen LogP contribution in [0.1, 0.15) is 37.9 Å². The van der Waals surface area contributed by atoms with Crippen LogP contribution in [-0.2, 0) is 12.8 Å². The lowest BCUT2D eigenvalue weighted by molar-refractivity contribution is 0.212. The molecule has 4 rings (SSSR count). The smallest absolute Gasteiger partial charge is 0.208 e. The molecule has 9 nitrogen and oxygen atoms in total. The average molecular weight is 573 g/mol. The van der Waals surface area contributed by atoms with Crippen LogP contribution < -0.4 is 25.3 Å². The highest BCUT2D eigenvalue weighted by molar-refractivity contribution is 7.99. The minimum atomic E-state index is -0.624. The summed E-state index contributed by atoms with van der Waals surface area (Å²) in [4.78, 5) is 0. The van der Waals surface area contributed by atoms with Gasteiger partial charge >= 0.3 is 0 Å². The predicted octanol–water partition coefficient (Wildman–Crippen LogP) is 5.33. The van der Waals surface area contributed by atoms with Gasteiger partial charge < -0.3 is 19.5 Å². The second kappa shape index (κ2) is 13.7. The summed E-state index contributed by atoms with van der Waals surface area (Å²) < 4.78 is 16.9. The van der Waals surface area contributed by atoms with Crippen LogP contribution in [0.25, 0.3) is 0 Å². The molecule has 0 aliphatic heterocycles. The maximum Gasteiger partial charge on any atom is 0.208 e. The molecule has 0 radical (unpaired) electrons. The van der Waals surface area contributed by atoms with E-state index in [0.717, 1.165) is 62.3 Å². The quantitative estimate of drug-likeness (QED) is 0.152. The first kappa shape index (κ1) is 28.1. The summed E-state index contributed by atoms with van der Waals surface area (Å²) in [5, 5.41) is 23.5. The van der Waals surface area contributed by atoms with E-state index in [0.29, 0.717) is 11.7 Å². The van der Waals surface area contributed by atoms with Crippen LogP contribution >= 0.6 is 34.4 Å². The molecule has 2 aromatic carbocycles. The van der Waals surface area contributed by atoms with Crippen molar-refractivity contribution < 1.29 is 14.2 Å². The van der Waals surface area contributed by atoms with Crippen molar-refractivity contribution >= 4 is 39.6 Å². The summed E-state index contributed by atoms with van der Waals surface area (Å²) >= 11 is 4.90. The third-order valence-electron chi connectivity index (χ3n) is 5.70. The third-order valence-corrected chi connectivity index (χ3v) is 8.67. The van der Waals surface area contributed by atoms with Gasteiger partial charge in [-0.25, -0.2) is 0 Å². The Morgan fingerprint density at radius 2 is 1.58 bits per heavy atom. The van der Waals surface area contributed by atoms with Crippen molar-refractivity contribution in [3.05, 3.63) is 68.1 Å². The lowest BCUT2D eigenvalue weighted by Crippen LogP contribution is -2.17. The van der Waals surface area contributed by atoms with Crippen LogP contribution in [0.15, 0.2) is 36.4 Å². The molecular weight excluding hydrogens is 541 g/mol. The van der Waals surface area contributed by atoms with Gasteiger partial charge in [0.2, 0.25) is 11.4 Å². The van der Waals surface area contributed by atoms with Gasteiger partial charge in [-0.15, -0.1) is 20.4 Å². The van der Waals surface area contributed by atoms with E-state index in [1.54, 1.807) is 18.4 Å². The van der Waals surface area contributed by atoms with Crippen LogP contribution in [0.2, 0.25) is 0 Å². The maximum absolute atomic E-state index is 6.20. The number of thioether (sulfide) groups is 1. The summed E-state index contributed by atoms with van der Waals surface area (Å²) in [6.45, 7) is 6.42. The van der Waals surface area contributed by atoms with E-state index in [1.807, 2.05) is 55.1 Å². The zero-order chi connectivity index (χ0) is 26.9. The number of nitrogens with one attached hydrogen (secondary N) is 1. The molecule has 0 amide bonds. The molecule has 12 heteroatoms. The van der Waals surface area contributed by atoms with E-state index in [4.69, 9.17) is 19.9 Å². The standard InChI is InChI=1S/C26H32N6O3S3/c1-16-5-8-20(13-18(16)3)35-24(27)25-31-29-22(37-25)9-11-36-12-10-23-30-32-26(38-23)28-15-34-19-7-6-17(2)21(14-19)33-4/h5-8,13-14,24H,9-12,15,27H2,1-4H3,(H,28,32). The molecule has 0 aliphatic carbocycles. The van der Waals surface area contributed by atoms with Crippen LogP contribution in [0.3, 0.4) is 0 Å². The molecule has 0 bridgehead atoms. The zero-order valence-corrected chi connectivity index (χ0v) is 24.3. The molecule has 2 aromatic heterocycles. The van der Waals surface area contributed by atoms with E-state index in [-0.39, 0.29) is 0 Å². The fourth-order valence-electron chi connectivity index (χ4n) is 3.39. The molecule has 0 saturated heterocycles. The molecule has 202 valence electrons. The van der Waals surface area contributed by atoms with E-state index in [1.165, 1.54) is 22.5 Å². The van der Waals surface area contributed by atoms with Gasteiger partial charge in [0.1, 0.15) is 27.3 Å². The molecule has 1 unspecified atom stereocenters. The SMILES string of the molecule is COc1cc(OCNc2nnc(CCSCCc3nnc(C(N)Oc4ccc(C)c(C)c4)s3)s2)ccc1C. The van der Waals surface area contributed by atoms with Crippen molar-refractivity contribution in [2.75, 3.05) is 30.7 Å². The predicted molar refractivity (Wildman–Crippen MR) is 155 cm³/mol. The van der Waals surface area contributed by atoms with E-state index < -0.39 is 6.23 Å². The van der Waals surface area contributed by atoms with Crippen molar-refractivity contribution in [1.82, 2.24) is 20.4 Å². The lowest BCUT2D eigenvalue weighted by atomic mass is 10.1. The monoisotopic (exact) mass is 572 g/mol. The topological polar surface area (TPSA) is 117 Å². The Morgan fingerprint density at radius 3 is 2.34 bits per heavy atom. The molecule has 0 aliphatic rings. The Bertz CT molecular complexity index is 1330. The van der Waals surface area contributed by atoms with Gasteiger partial charge in [-0.05, 0) is 67.2 Å². The lowest BCUT2D eigenvalue weighted by Gasteiger charge is -2.12. The number of nitrogens with two attached hydrogens (primary N) is 1. The van der Waals surface area contributed by atoms with Crippen molar-refractivity contribution in [3.8, 4) is 17.2 Å². The number of benzene rings is 2. The summed E-state index contributed by atoms with van der Waals surface area (Å²) in [6, 6.07) is 11.7. The van der Waals surface area contributed by atoms with Gasteiger partial charge in [0.15, 0.2) is 11.7 Å². The Kier molecular flexibility index (Phi) is 10.2. The largest absolute Gasteiger partial charge is 0.496 e. The van der Waals surface area contributed by atoms with Gasteiger partial charge in [0.05, 0.1) is 7.11 Å². The first-order valence-electron chi connectivity index (χ1n) is 12.1. The zero-order valence-electron chi connectivity index (χ0n) is 21.9. The molecule has 38 heavy (non-hydrogen) atoms. The van der Waals surface area contributed by atoms with E-state index in [9.17, 15) is 0 Å². The molecular formula is C26H32N6O3S3.